The van der Waals surface area contributed by atoms with Crippen molar-refractivity contribution in [3.05, 3.63) is 69.9 Å². The summed E-state index contributed by atoms with van der Waals surface area (Å²) in [6.07, 6.45) is 0. The maximum atomic E-state index is 12.8. The number of pyridine rings is 1. The number of benzene rings is 2. The number of fused-ring (bicyclic) bond motifs is 1. The van der Waals surface area contributed by atoms with Gasteiger partial charge in [-0.3, -0.25) is 9.78 Å². The predicted molar refractivity (Wildman–Crippen MR) is 119 cm³/mol. The van der Waals surface area contributed by atoms with Crippen LogP contribution in [0.5, 0.6) is 5.75 Å². The first-order chi connectivity index (χ1) is 13.6. The quantitative estimate of drug-likeness (QED) is 0.574. The van der Waals surface area contributed by atoms with Crippen LogP contribution in [-0.4, -0.2) is 18.0 Å². The molecule has 0 bridgehead atoms. The number of hydrogen-bond acceptors (Lipinski definition) is 3. The molecule has 0 spiro atoms. The second-order valence-corrected chi connectivity index (χ2v) is 8.80. The Bertz CT molecular complexity index is 1070. The molecule has 0 aliphatic carbocycles. The Kier molecular flexibility index (Phi) is 5.85. The molecule has 0 aliphatic rings. The van der Waals surface area contributed by atoms with Crippen LogP contribution >= 0.6 is 11.6 Å². The van der Waals surface area contributed by atoms with Crippen molar-refractivity contribution in [1.29, 1.82) is 0 Å². The number of halogens is 1. The SMILES string of the molecule is COc1cc(Cl)c([C@@H](C)NC(=O)c2ccc3nc(C(C)(C)C)ccc3c2)cc1C. The minimum atomic E-state index is -0.239. The van der Waals surface area contributed by atoms with Crippen LogP contribution in [0.15, 0.2) is 42.5 Å². The Morgan fingerprint density at radius 3 is 2.52 bits per heavy atom. The average Bonchev–Trinajstić information content (AvgIpc) is 2.67. The van der Waals surface area contributed by atoms with Crippen LogP contribution in [0.1, 0.15) is 60.9 Å². The smallest absolute Gasteiger partial charge is 0.251 e. The zero-order chi connectivity index (χ0) is 21.3. The lowest BCUT2D eigenvalue weighted by molar-refractivity contribution is 0.0940. The molecule has 152 valence electrons. The standard InChI is InChI=1S/C24H27ClN2O2/c1-14-11-18(19(25)13-21(14)29-6)15(2)26-23(28)17-7-9-20-16(12-17)8-10-22(27-20)24(3,4)5/h7-13,15H,1-6H3,(H,26,28)/t15-/m1/s1. The summed E-state index contributed by atoms with van der Waals surface area (Å²) >= 11 is 6.39. The van der Waals surface area contributed by atoms with E-state index in [1.807, 2.05) is 50.2 Å². The van der Waals surface area contributed by atoms with Gasteiger partial charge >= 0.3 is 0 Å². The Labute approximate surface area is 177 Å². The summed E-state index contributed by atoms with van der Waals surface area (Å²) in [4.78, 5) is 17.6. The molecule has 0 saturated carbocycles. The number of carbonyl (C=O) groups excluding carboxylic acids is 1. The lowest BCUT2D eigenvalue weighted by Gasteiger charge is -2.19. The Morgan fingerprint density at radius 1 is 1.14 bits per heavy atom. The van der Waals surface area contributed by atoms with Gasteiger partial charge in [-0.05, 0) is 61.4 Å². The van der Waals surface area contributed by atoms with E-state index in [1.165, 1.54) is 0 Å². The number of rotatable bonds is 4. The van der Waals surface area contributed by atoms with Gasteiger partial charge in [-0.15, -0.1) is 0 Å². The molecule has 3 aromatic rings. The highest BCUT2D eigenvalue weighted by atomic mass is 35.5. The minimum Gasteiger partial charge on any atom is -0.496 e. The van der Waals surface area contributed by atoms with E-state index in [-0.39, 0.29) is 17.4 Å². The van der Waals surface area contributed by atoms with Crippen LogP contribution < -0.4 is 10.1 Å². The zero-order valence-corrected chi connectivity index (χ0v) is 18.5. The first kappa shape index (κ1) is 21.1. The van der Waals surface area contributed by atoms with Crippen molar-refractivity contribution in [3.8, 4) is 5.75 Å². The Hall–Kier alpha value is -2.59. The van der Waals surface area contributed by atoms with Gasteiger partial charge in [0.25, 0.3) is 5.91 Å². The van der Waals surface area contributed by atoms with Crippen molar-refractivity contribution in [1.82, 2.24) is 10.3 Å². The van der Waals surface area contributed by atoms with Crippen LogP contribution in [0.25, 0.3) is 10.9 Å². The summed E-state index contributed by atoms with van der Waals surface area (Å²) in [5.41, 5.74) is 4.32. The molecule has 0 saturated heterocycles. The largest absolute Gasteiger partial charge is 0.496 e. The second kappa shape index (κ2) is 8.03. The number of methoxy groups -OCH3 is 1. The lowest BCUT2D eigenvalue weighted by Crippen LogP contribution is -2.27. The van der Waals surface area contributed by atoms with E-state index in [0.717, 1.165) is 33.5 Å². The van der Waals surface area contributed by atoms with Crippen molar-refractivity contribution in [3.63, 3.8) is 0 Å². The molecule has 1 aromatic heterocycles. The summed E-state index contributed by atoms with van der Waals surface area (Å²) in [5.74, 6) is 0.581. The number of nitrogens with zero attached hydrogens (tertiary/aromatic N) is 1. The lowest BCUT2D eigenvalue weighted by atomic mass is 9.91. The fourth-order valence-corrected chi connectivity index (χ4v) is 3.60. The highest BCUT2D eigenvalue weighted by molar-refractivity contribution is 6.31. The zero-order valence-electron chi connectivity index (χ0n) is 17.8. The molecule has 0 unspecified atom stereocenters. The summed E-state index contributed by atoms with van der Waals surface area (Å²) in [7, 11) is 1.61. The van der Waals surface area contributed by atoms with Gasteiger partial charge in [-0.25, -0.2) is 0 Å². The number of amides is 1. The van der Waals surface area contributed by atoms with Crippen LogP contribution in [0.4, 0.5) is 0 Å². The third-order valence-corrected chi connectivity index (χ3v) is 5.38. The topological polar surface area (TPSA) is 51.2 Å². The van der Waals surface area contributed by atoms with Crippen molar-refractivity contribution < 1.29 is 9.53 Å². The van der Waals surface area contributed by atoms with Gasteiger partial charge in [-0.2, -0.15) is 0 Å². The normalized spacial score (nSPS) is 12.7. The summed E-state index contributed by atoms with van der Waals surface area (Å²) in [6, 6.07) is 13.1. The van der Waals surface area contributed by atoms with Gasteiger partial charge in [0.15, 0.2) is 0 Å². The number of aromatic nitrogens is 1. The molecule has 1 N–H and O–H groups in total. The highest BCUT2D eigenvalue weighted by Gasteiger charge is 2.18. The average molecular weight is 411 g/mol. The maximum absolute atomic E-state index is 12.8. The molecular formula is C24H27ClN2O2. The van der Waals surface area contributed by atoms with Crippen LogP contribution in [0, 0.1) is 6.92 Å². The number of nitrogens with one attached hydrogen (secondary N) is 1. The molecule has 29 heavy (non-hydrogen) atoms. The first-order valence-corrected chi connectivity index (χ1v) is 10.0. The van der Waals surface area contributed by atoms with Gasteiger partial charge in [0.1, 0.15) is 5.75 Å². The maximum Gasteiger partial charge on any atom is 0.251 e. The van der Waals surface area contributed by atoms with Crippen LogP contribution in [0.2, 0.25) is 5.02 Å². The third-order valence-electron chi connectivity index (χ3n) is 5.05. The fraction of sp³-hybridized carbons (Fsp3) is 0.333. The molecule has 1 heterocycles. The van der Waals surface area contributed by atoms with E-state index in [2.05, 4.69) is 26.1 Å². The Morgan fingerprint density at radius 2 is 1.86 bits per heavy atom. The molecular weight excluding hydrogens is 384 g/mol. The summed E-state index contributed by atoms with van der Waals surface area (Å²) in [5, 5.41) is 4.54. The van der Waals surface area contributed by atoms with Crippen LogP contribution in [0.3, 0.4) is 0 Å². The minimum absolute atomic E-state index is 0.0184. The van der Waals surface area contributed by atoms with Gasteiger partial charge in [0.05, 0.1) is 18.7 Å². The molecule has 0 aliphatic heterocycles. The molecule has 0 radical (unpaired) electrons. The van der Waals surface area contributed by atoms with Crippen LogP contribution in [-0.2, 0) is 5.41 Å². The monoisotopic (exact) mass is 410 g/mol. The molecule has 0 fully saturated rings. The summed E-state index contributed by atoms with van der Waals surface area (Å²) in [6.45, 7) is 10.3. The van der Waals surface area contributed by atoms with E-state index in [0.29, 0.717) is 10.6 Å². The number of aryl methyl sites for hydroxylation is 1. The second-order valence-electron chi connectivity index (χ2n) is 8.39. The molecule has 2 aromatic carbocycles. The van der Waals surface area contributed by atoms with Crippen molar-refractivity contribution in [2.45, 2.75) is 46.1 Å². The van der Waals surface area contributed by atoms with Gasteiger partial charge in [0.2, 0.25) is 0 Å². The summed E-state index contributed by atoms with van der Waals surface area (Å²) < 4.78 is 5.30. The van der Waals surface area contributed by atoms with E-state index < -0.39 is 0 Å². The highest BCUT2D eigenvalue weighted by Crippen LogP contribution is 2.31. The molecule has 3 rings (SSSR count). The molecule has 1 atom stereocenters. The Balaban J connectivity index is 1.83. The molecule has 1 amide bonds. The van der Waals surface area contributed by atoms with Gasteiger partial charge < -0.3 is 10.1 Å². The van der Waals surface area contributed by atoms with Gasteiger partial charge in [-0.1, -0.05) is 38.4 Å². The number of hydrogen-bond donors (Lipinski definition) is 1. The number of ether oxygens (including phenoxy) is 1. The van der Waals surface area contributed by atoms with Crippen molar-refractivity contribution in [2.24, 2.45) is 0 Å². The van der Waals surface area contributed by atoms with E-state index in [1.54, 1.807) is 13.2 Å². The fourth-order valence-electron chi connectivity index (χ4n) is 3.28. The van der Waals surface area contributed by atoms with E-state index >= 15 is 0 Å². The van der Waals surface area contributed by atoms with Gasteiger partial charge in [0, 0.05) is 27.1 Å². The van der Waals surface area contributed by atoms with Crippen molar-refractivity contribution >= 4 is 28.4 Å². The van der Waals surface area contributed by atoms with Crippen molar-refractivity contribution in [2.75, 3.05) is 7.11 Å². The predicted octanol–water partition coefficient (Wildman–Crippen LogP) is 5.99. The number of carbonyl (C=O) groups is 1. The molecule has 4 nitrogen and oxygen atoms in total. The van der Waals surface area contributed by atoms with E-state index in [9.17, 15) is 4.79 Å². The third kappa shape index (κ3) is 4.54. The first-order valence-electron chi connectivity index (χ1n) is 9.66. The molecule has 5 heteroatoms. The van der Waals surface area contributed by atoms with E-state index in [4.69, 9.17) is 21.3 Å².